The second kappa shape index (κ2) is 15.8. The van der Waals surface area contributed by atoms with Crippen molar-refractivity contribution in [2.75, 3.05) is 13.7 Å². The molecule has 1 aliphatic heterocycles. The fourth-order valence-electron chi connectivity index (χ4n) is 13.3. The van der Waals surface area contributed by atoms with Gasteiger partial charge in [-0.25, -0.2) is 0 Å². The molecular formula is C51H70O4Si. The zero-order valence-corrected chi connectivity index (χ0v) is 36.8. The first-order valence-corrected chi connectivity index (χ1v) is 24.1. The first-order chi connectivity index (χ1) is 26.9. The van der Waals surface area contributed by atoms with E-state index in [1.807, 2.05) is 12.1 Å². The van der Waals surface area contributed by atoms with E-state index in [4.69, 9.17) is 18.6 Å². The third-order valence-corrected chi connectivity index (χ3v) is 21.3. The third-order valence-electron chi connectivity index (χ3n) is 16.2. The van der Waals surface area contributed by atoms with E-state index in [1.54, 1.807) is 12.7 Å². The molecule has 5 aliphatic rings. The molecule has 0 N–H and O–H groups in total. The highest BCUT2D eigenvalue weighted by Crippen LogP contribution is 2.69. The minimum Gasteiger partial charge on any atom is -0.497 e. The zero-order chi connectivity index (χ0) is 39.3. The van der Waals surface area contributed by atoms with E-state index in [-0.39, 0.29) is 16.6 Å². The molecule has 302 valence electrons. The summed E-state index contributed by atoms with van der Waals surface area (Å²) in [5, 5.41) is 2.79. The van der Waals surface area contributed by atoms with E-state index in [9.17, 15) is 0 Å². The molecule has 8 rings (SSSR count). The monoisotopic (exact) mass is 775 g/mol. The van der Waals surface area contributed by atoms with Crippen LogP contribution in [0.2, 0.25) is 5.04 Å². The van der Waals surface area contributed by atoms with Crippen LogP contribution in [0, 0.1) is 46.3 Å². The lowest BCUT2D eigenvalue weighted by molar-refractivity contribution is -0.0582. The van der Waals surface area contributed by atoms with Crippen LogP contribution in [-0.4, -0.2) is 40.3 Å². The fraction of sp³-hybridized carbons (Fsp3) is 0.608. The van der Waals surface area contributed by atoms with Crippen molar-refractivity contribution in [1.29, 1.82) is 0 Å². The van der Waals surface area contributed by atoms with Crippen LogP contribution in [0.1, 0.15) is 112 Å². The van der Waals surface area contributed by atoms with E-state index < -0.39 is 8.32 Å². The van der Waals surface area contributed by atoms with E-state index in [0.29, 0.717) is 42.0 Å². The lowest BCUT2D eigenvalue weighted by atomic mass is 9.47. The molecule has 0 aromatic heterocycles. The average Bonchev–Trinajstić information content (AvgIpc) is 3.68. The number of allylic oxidation sites excluding steroid dienone is 1. The number of benzene rings is 3. The van der Waals surface area contributed by atoms with Crippen molar-refractivity contribution < 1.29 is 18.6 Å². The van der Waals surface area contributed by atoms with Crippen LogP contribution in [0.5, 0.6) is 5.75 Å². The molecule has 3 aromatic rings. The smallest absolute Gasteiger partial charge is 0.261 e. The molecule has 56 heavy (non-hydrogen) atoms. The van der Waals surface area contributed by atoms with E-state index in [0.717, 1.165) is 55.8 Å². The molecule has 0 unspecified atom stereocenters. The Hall–Kier alpha value is -2.70. The molecule has 4 nitrogen and oxygen atoms in total. The first kappa shape index (κ1) is 40.1. The Morgan fingerprint density at radius 2 is 1.55 bits per heavy atom. The van der Waals surface area contributed by atoms with Gasteiger partial charge in [-0.2, -0.15) is 0 Å². The maximum atomic E-state index is 7.75. The van der Waals surface area contributed by atoms with E-state index in [2.05, 4.69) is 127 Å². The van der Waals surface area contributed by atoms with Gasteiger partial charge in [0.05, 0.1) is 25.9 Å². The van der Waals surface area contributed by atoms with Crippen LogP contribution < -0.4 is 15.1 Å². The van der Waals surface area contributed by atoms with Crippen molar-refractivity contribution in [3.8, 4) is 5.75 Å². The van der Waals surface area contributed by atoms with Gasteiger partial charge < -0.3 is 18.6 Å². The number of rotatable bonds is 12. The number of methoxy groups -OCH3 is 1. The Morgan fingerprint density at radius 3 is 2.20 bits per heavy atom. The summed E-state index contributed by atoms with van der Waals surface area (Å²) >= 11 is 0. The summed E-state index contributed by atoms with van der Waals surface area (Å²) in [5.41, 5.74) is 3.58. The molecule has 1 saturated heterocycles. The van der Waals surface area contributed by atoms with Gasteiger partial charge in [-0.05, 0) is 137 Å². The summed E-state index contributed by atoms with van der Waals surface area (Å²) in [4.78, 5) is 0. The maximum absolute atomic E-state index is 7.75. The van der Waals surface area contributed by atoms with Crippen LogP contribution in [0.4, 0.5) is 0 Å². The minimum atomic E-state index is -2.59. The number of hydrogen-bond donors (Lipinski definition) is 0. The zero-order valence-electron chi connectivity index (χ0n) is 35.8. The number of fused-ring (bicyclic) bond motifs is 7. The molecule has 0 radical (unpaired) electrons. The summed E-state index contributed by atoms with van der Waals surface area (Å²) in [6.07, 6.45) is 14.8. The van der Waals surface area contributed by atoms with Gasteiger partial charge in [-0.15, -0.1) is 0 Å². The Kier molecular flexibility index (Phi) is 11.3. The van der Waals surface area contributed by atoms with Crippen molar-refractivity contribution in [3.05, 3.63) is 102 Å². The van der Waals surface area contributed by atoms with Crippen molar-refractivity contribution in [2.45, 2.75) is 136 Å². The second-order valence-electron chi connectivity index (χ2n) is 20.3. The Labute approximate surface area is 340 Å². The molecule has 11 atom stereocenters. The fourth-order valence-corrected chi connectivity index (χ4v) is 18.0. The highest BCUT2D eigenvalue weighted by Gasteiger charge is 2.65. The Morgan fingerprint density at radius 1 is 0.875 bits per heavy atom. The van der Waals surface area contributed by atoms with Crippen molar-refractivity contribution in [3.63, 3.8) is 0 Å². The maximum Gasteiger partial charge on any atom is 0.261 e. The predicted molar refractivity (Wildman–Crippen MR) is 232 cm³/mol. The van der Waals surface area contributed by atoms with Crippen LogP contribution in [0.25, 0.3) is 0 Å². The lowest BCUT2D eigenvalue weighted by Gasteiger charge is -2.59. The minimum absolute atomic E-state index is 0.0000982. The summed E-state index contributed by atoms with van der Waals surface area (Å²) in [6.45, 7) is 18.9. The summed E-state index contributed by atoms with van der Waals surface area (Å²) in [7, 11) is -0.882. The predicted octanol–water partition coefficient (Wildman–Crippen LogP) is 11.2. The van der Waals surface area contributed by atoms with Gasteiger partial charge in [-0.1, -0.05) is 133 Å². The van der Waals surface area contributed by atoms with Crippen LogP contribution >= 0.6 is 0 Å². The summed E-state index contributed by atoms with van der Waals surface area (Å²) < 4.78 is 26.3. The van der Waals surface area contributed by atoms with Crippen molar-refractivity contribution in [1.82, 2.24) is 0 Å². The summed E-state index contributed by atoms with van der Waals surface area (Å²) in [6, 6.07) is 30.7. The Bertz CT molecular complexity index is 1760. The van der Waals surface area contributed by atoms with Crippen LogP contribution in [0.15, 0.2) is 96.6 Å². The molecule has 4 fully saturated rings. The van der Waals surface area contributed by atoms with Gasteiger partial charge in [0.1, 0.15) is 5.75 Å². The molecule has 3 saturated carbocycles. The average molecular weight is 775 g/mol. The van der Waals surface area contributed by atoms with Crippen LogP contribution in [-0.2, 0) is 20.5 Å². The van der Waals surface area contributed by atoms with Gasteiger partial charge in [0, 0.05) is 12.7 Å². The van der Waals surface area contributed by atoms with Crippen molar-refractivity contribution in [2.24, 2.45) is 46.3 Å². The van der Waals surface area contributed by atoms with Crippen LogP contribution in [0.3, 0.4) is 0 Å². The SMILES string of the molecule is COc1ccc(COC[C@H](C)CC[C@H]2O[C@H]3C[C@H]4[C@@H]5CC=C6C[C@@H](O[Si](c7ccccc7)(c7ccccc7)C(C)(C)C)CC[C@]6(C)[C@H]5CC[C@]4(C)[C@H]3[C@@H]2C)cc1. The lowest BCUT2D eigenvalue weighted by Crippen LogP contribution is -2.68. The standard InChI is InChI=1S/C51H70O4Si/c1-35(33-53-34-37-20-23-39(52-8)24-21-37)19-26-46-36(2)48-47(54-46)32-45-43-25-22-38-31-40(27-29-50(38,6)44(43)28-30-51(45,48)7)55-56(49(3,4)5,41-15-11-9-12-16-41)42-17-13-10-14-18-42/h9-18,20-24,35-36,40,43-48H,19,25-34H2,1-8H3/t35-,36-,40+,43-,44+,45+,46-,47+,48+,50+,51+/m1/s1. The first-order valence-electron chi connectivity index (χ1n) is 22.2. The topological polar surface area (TPSA) is 36.9 Å². The van der Waals surface area contributed by atoms with Gasteiger partial charge >= 0.3 is 0 Å². The van der Waals surface area contributed by atoms with Gasteiger partial charge in [0.15, 0.2) is 0 Å². The van der Waals surface area contributed by atoms with Gasteiger partial charge in [0.25, 0.3) is 8.32 Å². The second-order valence-corrected chi connectivity index (χ2v) is 24.6. The van der Waals surface area contributed by atoms with E-state index in [1.165, 1.54) is 48.0 Å². The molecule has 1 heterocycles. The van der Waals surface area contributed by atoms with Gasteiger partial charge in [-0.3, -0.25) is 0 Å². The highest BCUT2D eigenvalue weighted by atomic mass is 28.4. The number of ether oxygens (including phenoxy) is 3. The highest BCUT2D eigenvalue weighted by molar-refractivity contribution is 6.99. The third kappa shape index (κ3) is 7.09. The molecule has 4 aliphatic carbocycles. The normalized spacial score (nSPS) is 34.5. The molecule has 3 aromatic carbocycles. The largest absolute Gasteiger partial charge is 0.497 e. The molecular weight excluding hydrogens is 705 g/mol. The van der Waals surface area contributed by atoms with Crippen molar-refractivity contribution >= 4 is 18.7 Å². The quantitative estimate of drug-likeness (QED) is 0.136. The molecule has 0 spiro atoms. The molecule has 0 amide bonds. The van der Waals surface area contributed by atoms with E-state index >= 15 is 0 Å². The Balaban J connectivity index is 0.914. The molecule has 0 bridgehead atoms. The number of hydrogen-bond acceptors (Lipinski definition) is 4. The van der Waals surface area contributed by atoms with Gasteiger partial charge in [0.2, 0.25) is 0 Å². The summed E-state index contributed by atoms with van der Waals surface area (Å²) in [5.74, 6) is 5.05. The molecule has 5 heteroatoms.